The van der Waals surface area contributed by atoms with Crippen molar-refractivity contribution in [2.45, 2.75) is 37.4 Å². The first kappa shape index (κ1) is 23.1. The summed E-state index contributed by atoms with van der Waals surface area (Å²) >= 11 is 5.97. The van der Waals surface area contributed by atoms with Crippen molar-refractivity contribution < 1.29 is 19.2 Å². The van der Waals surface area contributed by atoms with Gasteiger partial charge in [0.15, 0.2) is 0 Å². The molecule has 12 heteroatoms. The minimum atomic E-state index is -0.735. The Bertz CT molecular complexity index is 1240. The summed E-state index contributed by atoms with van der Waals surface area (Å²) in [4.78, 5) is 55.9. The zero-order valence-electron chi connectivity index (χ0n) is 18.6. The average molecular weight is 498 g/mol. The van der Waals surface area contributed by atoms with E-state index in [1.54, 1.807) is 28.1 Å². The van der Waals surface area contributed by atoms with E-state index in [2.05, 4.69) is 15.7 Å². The fraction of sp³-hybridized carbons (Fsp3) is 0.348. The van der Waals surface area contributed by atoms with Crippen LogP contribution >= 0.6 is 11.6 Å². The third-order valence-corrected chi connectivity index (χ3v) is 7.07. The van der Waals surface area contributed by atoms with Gasteiger partial charge in [-0.2, -0.15) is 0 Å². The lowest BCUT2D eigenvalue weighted by molar-refractivity contribution is -0.139. The maximum Gasteiger partial charge on any atom is 0.248 e. The zero-order valence-corrected chi connectivity index (χ0v) is 19.4. The second-order valence-electron chi connectivity index (χ2n) is 9.00. The number of carbonyl (C=O) groups excluding carboxylic acids is 4. The van der Waals surface area contributed by atoms with E-state index in [0.717, 1.165) is 19.3 Å². The summed E-state index contributed by atoms with van der Waals surface area (Å²) in [5.41, 5.74) is 15.4. The molecule has 1 unspecified atom stereocenters. The molecule has 1 saturated carbocycles. The molecule has 2 aromatic rings. The lowest BCUT2D eigenvalue weighted by atomic mass is 9.97. The van der Waals surface area contributed by atoms with Gasteiger partial charge in [0.2, 0.25) is 23.6 Å². The molecule has 6 N–H and O–H groups in total. The number of rotatable bonds is 6. The highest BCUT2D eigenvalue weighted by molar-refractivity contribution is 6.30. The first-order valence-electron chi connectivity index (χ1n) is 11.2. The summed E-state index contributed by atoms with van der Waals surface area (Å²) in [6, 6.07) is 8.39. The number of hydrazine groups is 1. The van der Waals surface area contributed by atoms with Crippen molar-refractivity contribution in [1.29, 1.82) is 0 Å². The molecule has 1 aromatic carbocycles. The normalized spacial score (nSPS) is 24.4. The van der Waals surface area contributed by atoms with E-state index >= 15 is 0 Å². The quantitative estimate of drug-likeness (QED) is 0.426. The average Bonchev–Trinajstić information content (AvgIpc) is 3.52. The number of pyridine rings is 1. The SMILES string of the molecule is NC(=O)c1cc(Cl)nc(NC(=O)[C@@H]2[C@H]3CC[C@H](C3)N2C(=O)CN2NC(C(N)=O)c3ccccc32)c1. The minimum Gasteiger partial charge on any atom is -0.368 e. The molecule has 182 valence electrons. The predicted molar refractivity (Wildman–Crippen MR) is 127 cm³/mol. The standard InChI is InChI=1S/C23H24ClN7O4/c24-16-8-12(21(25)33)9-17(27-16)28-23(35)20-11-5-6-13(7-11)31(20)18(32)10-30-15-4-2-1-3-14(15)19(29-30)22(26)34/h1-4,8-9,11,13,19-20,29H,5-7,10H2,(H2,25,33)(H2,26,34)(H,27,28,35)/t11-,13+,19?,20-/m0/s1. The Morgan fingerprint density at radius 2 is 1.91 bits per heavy atom. The number of fused-ring (bicyclic) bond motifs is 3. The zero-order chi connectivity index (χ0) is 24.9. The van der Waals surface area contributed by atoms with E-state index in [1.165, 1.54) is 12.1 Å². The van der Waals surface area contributed by atoms with Crippen LogP contribution < -0.4 is 27.2 Å². The summed E-state index contributed by atoms with van der Waals surface area (Å²) in [5, 5.41) is 4.31. The van der Waals surface area contributed by atoms with Crippen molar-refractivity contribution in [2.24, 2.45) is 17.4 Å². The van der Waals surface area contributed by atoms with E-state index < -0.39 is 29.8 Å². The van der Waals surface area contributed by atoms with Crippen molar-refractivity contribution in [3.63, 3.8) is 0 Å². The van der Waals surface area contributed by atoms with Gasteiger partial charge < -0.3 is 21.7 Å². The molecule has 11 nitrogen and oxygen atoms in total. The van der Waals surface area contributed by atoms with Crippen LogP contribution in [0.4, 0.5) is 11.5 Å². The molecule has 3 aliphatic rings. The second kappa shape index (κ2) is 8.82. The van der Waals surface area contributed by atoms with Gasteiger partial charge in [-0.1, -0.05) is 29.8 Å². The van der Waals surface area contributed by atoms with Gasteiger partial charge in [0.25, 0.3) is 0 Å². The van der Waals surface area contributed by atoms with Gasteiger partial charge in [-0.25, -0.2) is 10.4 Å². The smallest absolute Gasteiger partial charge is 0.248 e. The van der Waals surface area contributed by atoms with Crippen molar-refractivity contribution in [2.75, 3.05) is 16.9 Å². The molecule has 5 rings (SSSR count). The van der Waals surface area contributed by atoms with Gasteiger partial charge in [0, 0.05) is 17.2 Å². The van der Waals surface area contributed by atoms with Crippen LogP contribution in [0.3, 0.4) is 0 Å². The van der Waals surface area contributed by atoms with Crippen molar-refractivity contribution >= 4 is 46.7 Å². The minimum absolute atomic E-state index is 0.0101. The molecule has 4 amide bonds. The monoisotopic (exact) mass is 497 g/mol. The van der Waals surface area contributed by atoms with Crippen LogP contribution in [0.1, 0.15) is 41.2 Å². The first-order valence-corrected chi connectivity index (χ1v) is 11.6. The van der Waals surface area contributed by atoms with Crippen molar-refractivity contribution in [3.8, 4) is 0 Å². The van der Waals surface area contributed by atoms with Crippen LogP contribution in [0.5, 0.6) is 0 Å². The fourth-order valence-corrected chi connectivity index (χ4v) is 5.63. The highest BCUT2D eigenvalue weighted by Crippen LogP contribution is 2.43. The number of primary amides is 2. The Kier molecular flexibility index (Phi) is 5.81. The highest BCUT2D eigenvalue weighted by Gasteiger charge is 2.51. The van der Waals surface area contributed by atoms with Gasteiger partial charge in [-0.3, -0.25) is 24.2 Å². The number of anilines is 2. The van der Waals surface area contributed by atoms with Gasteiger partial charge in [-0.15, -0.1) is 0 Å². The number of hydrogen-bond acceptors (Lipinski definition) is 7. The first-order chi connectivity index (χ1) is 16.7. The lowest BCUT2D eigenvalue weighted by Crippen LogP contribution is -2.54. The molecule has 35 heavy (non-hydrogen) atoms. The molecule has 3 heterocycles. The Morgan fingerprint density at radius 3 is 2.66 bits per heavy atom. The van der Waals surface area contributed by atoms with E-state index in [0.29, 0.717) is 11.3 Å². The number of piperidine rings is 1. The topological polar surface area (TPSA) is 164 Å². The molecule has 1 aromatic heterocycles. The Labute approximate surface area is 205 Å². The van der Waals surface area contributed by atoms with Crippen LogP contribution in [0, 0.1) is 5.92 Å². The summed E-state index contributed by atoms with van der Waals surface area (Å²) in [6.07, 6.45) is 2.37. The van der Waals surface area contributed by atoms with E-state index in [4.69, 9.17) is 23.1 Å². The van der Waals surface area contributed by atoms with Gasteiger partial charge >= 0.3 is 0 Å². The summed E-state index contributed by atoms with van der Waals surface area (Å²) in [5.74, 6) is -1.80. The van der Waals surface area contributed by atoms with E-state index in [9.17, 15) is 19.2 Å². The van der Waals surface area contributed by atoms with Crippen molar-refractivity contribution in [1.82, 2.24) is 15.3 Å². The molecule has 0 spiro atoms. The van der Waals surface area contributed by atoms with Crippen molar-refractivity contribution in [3.05, 3.63) is 52.7 Å². The van der Waals surface area contributed by atoms with Crippen LogP contribution in [0.25, 0.3) is 0 Å². The number of nitrogens with one attached hydrogen (secondary N) is 2. The molecular formula is C23H24ClN7O4. The van der Waals surface area contributed by atoms with Crippen LogP contribution in [0.15, 0.2) is 36.4 Å². The molecule has 1 aliphatic carbocycles. The van der Waals surface area contributed by atoms with Gasteiger partial charge in [-0.05, 0) is 43.4 Å². The summed E-state index contributed by atoms with van der Waals surface area (Å²) in [7, 11) is 0. The third kappa shape index (κ3) is 4.17. The molecule has 2 fully saturated rings. The third-order valence-electron chi connectivity index (χ3n) is 6.87. The maximum absolute atomic E-state index is 13.5. The number of halogens is 1. The number of benzene rings is 1. The van der Waals surface area contributed by atoms with Gasteiger partial charge in [0.1, 0.15) is 29.6 Å². The van der Waals surface area contributed by atoms with E-state index in [1.807, 2.05) is 6.07 Å². The number of hydrogen-bond donors (Lipinski definition) is 4. The Balaban J connectivity index is 1.35. The fourth-order valence-electron chi connectivity index (χ4n) is 5.42. The maximum atomic E-state index is 13.5. The Hall–Kier alpha value is -3.70. The molecular weight excluding hydrogens is 474 g/mol. The number of likely N-dealkylation sites (tertiary alicyclic amines) is 1. The number of nitrogens with zero attached hydrogens (tertiary/aromatic N) is 3. The highest BCUT2D eigenvalue weighted by atomic mass is 35.5. The Morgan fingerprint density at radius 1 is 1.14 bits per heavy atom. The van der Waals surface area contributed by atoms with E-state index in [-0.39, 0.29) is 40.9 Å². The number of para-hydroxylation sites is 1. The van der Waals surface area contributed by atoms with Gasteiger partial charge in [0.05, 0.1) is 5.69 Å². The number of amides is 4. The largest absolute Gasteiger partial charge is 0.368 e. The number of aromatic nitrogens is 1. The molecule has 4 atom stereocenters. The summed E-state index contributed by atoms with van der Waals surface area (Å²) in [6.45, 7) is -0.0744. The van der Waals surface area contributed by atoms with Crippen LogP contribution in [-0.4, -0.2) is 52.1 Å². The van der Waals surface area contributed by atoms with Crippen LogP contribution in [0.2, 0.25) is 5.15 Å². The second-order valence-corrected chi connectivity index (χ2v) is 9.39. The molecule has 1 saturated heterocycles. The number of carbonyl (C=O) groups is 4. The predicted octanol–water partition coefficient (Wildman–Crippen LogP) is 0.703. The summed E-state index contributed by atoms with van der Waals surface area (Å²) < 4.78 is 0. The molecule has 2 bridgehead atoms. The lowest BCUT2D eigenvalue weighted by Gasteiger charge is -2.35. The molecule has 0 radical (unpaired) electrons. The van der Waals surface area contributed by atoms with Crippen LogP contribution in [-0.2, 0) is 14.4 Å². The molecule has 2 aliphatic heterocycles. The number of nitrogens with two attached hydrogens (primary N) is 2.